The van der Waals surface area contributed by atoms with Gasteiger partial charge in [0.15, 0.2) is 5.96 Å². The number of aromatic nitrogens is 1. The van der Waals surface area contributed by atoms with Crippen molar-refractivity contribution in [1.29, 1.82) is 0 Å². The maximum Gasteiger partial charge on any atom is 0.417 e. The molecule has 0 saturated carbocycles. The Morgan fingerprint density at radius 3 is 2.62 bits per heavy atom. The SMILES string of the molecule is NC(=NCCOc1ncc(C(F)(F)F)cc1Cl)Nc1ccccc1. The van der Waals surface area contributed by atoms with Gasteiger partial charge in [0.2, 0.25) is 5.88 Å². The predicted molar refractivity (Wildman–Crippen MR) is 86.3 cm³/mol. The van der Waals surface area contributed by atoms with Crippen molar-refractivity contribution in [3.8, 4) is 5.88 Å². The van der Waals surface area contributed by atoms with Crippen LogP contribution in [0.3, 0.4) is 0 Å². The molecule has 3 N–H and O–H groups in total. The minimum atomic E-state index is -4.50. The molecule has 0 aliphatic rings. The molecule has 0 radical (unpaired) electrons. The molecule has 0 atom stereocenters. The lowest BCUT2D eigenvalue weighted by Gasteiger charge is -2.10. The fraction of sp³-hybridized carbons (Fsp3) is 0.200. The first-order valence-electron chi connectivity index (χ1n) is 6.84. The van der Waals surface area contributed by atoms with Crippen molar-refractivity contribution >= 4 is 23.2 Å². The summed E-state index contributed by atoms with van der Waals surface area (Å²) < 4.78 is 42.7. The van der Waals surface area contributed by atoms with Gasteiger partial charge in [-0.15, -0.1) is 0 Å². The number of hydrogen-bond acceptors (Lipinski definition) is 3. The molecule has 9 heteroatoms. The van der Waals surface area contributed by atoms with Crippen molar-refractivity contribution in [2.45, 2.75) is 6.18 Å². The minimum Gasteiger partial charge on any atom is -0.475 e. The molecule has 5 nitrogen and oxygen atoms in total. The number of nitrogens with zero attached hydrogens (tertiary/aromatic N) is 2. The molecule has 2 rings (SSSR count). The van der Waals surface area contributed by atoms with Crippen LogP contribution in [0.4, 0.5) is 18.9 Å². The lowest BCUT2D eigenvalue weighted by atomic mass is 10.3. The van der Waals surface area contributed by atoms with Crippen molar-refractivity contribution in [3.05, 3.63) is 53.2 Å². The fourth-order valence-electron chi connectivity index (χ4n) is 1.70. The summed E-state index contributed by atoms with van der Waals surface area (Å²) in [6, 6.07) is 9.97. The van der Waals surface area contributed by atoms with E-state index in [4.69, 9.17) is 22.1 Å². The monoisotopic (exact) mass is 358 g/mol. The molecule has 24 heavy (non-hydrogen) atoms. The first-order valence-corrected chi connectivity index (χ1v) is 7.21. The Hall–Kier alpha value is -2.48. The number of aliphatic imine (C=N–C) groups is 1. The second-order valence-corrected chi connectivity index (χ2v) is 5.02. The molecule has 0 saturated heterocycles. The number of nitrogens with two attached hydrogens (primary N) is 1. The lowest BCUT2D eigenvalue weighted by molar-refractivity contribution is -0.137. The molecule has 0 unspecified atom stereocenters. The van der Waals surface area contributed by atoms with E-state index in [-0.39, 0.29) is 30.0 Å². The number of halogens is 4. The molecule has 0 fully saturated rings. The van der Waals surface area contributed by atoms with E-state index in [0.29, 0.717) is 6.20 Å². The summed E-state index contributed by atoms with van der Waals surface area (Å²) in [6.45, 7) is 0.250. The zero-order chi connectivity index (χ0) is 17.6. The average molecular weight is 359 g/mol. The standard InChI is InChI=1S/C15H14ClF3N4O/c16-12-8-10(15(17,18)19)9-22-13(12)24-7-6-21-14(20)23-11-4-2-1-3-5-11/h1-5,8-9H,6-7H2,(H3,20,21,23). The number of anilines is 1. The number of rotatable bonds is 5. The largest absolute Gasteiger partial charge is 0.475 e. The van der Waals surface area contributed by atoms with E-state index in [1.165, 1.54) is 0 Å². The Morgan fingerprint density at radius 2 is 2.00 bits per heavy atom. The number of para-hydroxylation sites is 1. The van der Waals surface area contributed by atoms with Gasteiger partial charge in [0, 0.05) is 11.9 Å². The van der Waals surface area contributed by atoms with Gasteiger partial charge < -0.3 is 15.8 Å². The highest BCUT2D eigenvalue weighted by Crippen LogP contribution is 2.32. The summed E-state index contributed by atoms with van der Waals surface area (Å²) in [7, 11) is 0. The van der Waals surface area contributed by atoms with Crippen molar-refractivity contribution in [1.82, 2.24) is 4.98 Å². The molecular formula is C15H14ClF3N4O. The quantitative estimate of drug-likeness (QED) is 0.487. The van der Waals surface area contributed by atoms with Crippen LogP contribution in [-0.4, -0.2) is 24.1 Å². The molecule has 0 bridgehead atoms. The molecular weight excluding hydrogens is 345 g/mol. The third-order valence-electron chi connectivity index (χ3n) is 2.79. The summed E-state index contributed by atoms with van der Waals surface area (Å²) in [5.41, 5.74) is 5.55. The Kier molecular flexibility index (Phi) is 5.86. The van der Waals surface area contributed by atoms with Crippen LogP contribution >= 0.6 is 11.6 Å². The van der Waals surface area contributed by atoms with Gasteiger partial charge in [-0.05, 0) is 18.2 Å². The van der Waals surface area contributed by atoms with Gasteiger partial charge in [-0.1, -0.05) is 29.8 Å². The van der Waals surface area contributed by atoms with E-state index in [1.807, 2.05) is 30.3 Å². The van der Waals surface area contributed by atoms with Gasteiger partial charge in [-0.3, -0.25) is 0 Å². The first kappa shape index (κ1) is 17.9. The van der Waals surface area contributed by atoms with Crippen molar-refractivity contribution in [2.75, 3.05) is 18.5 Å². The van der Waals surface area contributed by atoms with E-state index in [9.17, 15) is 13.2 Å². The minimum absolute atomic E-state index is 0.0647. The van der Waals surface area contributed by atoms with Gasteiger partial charge >= 0.3 is 6.18 Å². The molecule has 1 heterocycles. The van der Waals surface area contributed by atoms with Crippen LogP contribution in [0.1, 0.15) is 5.56 Å². The third kappa shape index (κ3) is 5.31. The summed E-state index contributed by atoms with van der Waals surface area (Å²) in [6.07, 6.45) is -3.84. The third-order valence-corrected chi connectivity index (χ3v) is 3.06. The van der Waals surface area contributed by atoms with Gasteiger partial charge in [0.05, 0.1) is 12.1 Å². The van der Waals surface area contributed by atoms with Crippen LogP contribution in [0, 0.1) is 0 Å². The van der Waals surface area contributed by atoms with Crippen LogP contribution in [0.15, 0.2) is 47.6 Å². The van der Waals surface area contributed by atoms with Crippen LogP contribution in [-0.2, 0) is 6.18 Å². The summed E-state index contributed by atoms with van der Waals surface area (Å²) >= 11 is 5.72. The number of alkyl halides is 3. The molecule has 0 aliphatic heterocycles. The van der Waals surface area contributed by atoms with Gasteiger partial charge in [0.1, 0.15) is 11.6 Å². The summed E-state index contributed by atoms with van der Waals surface area (Å²) in [5, 5.41) is 2.66. The molecule has 128 valence electrons. The highest BCUT2D eigenvalue weighted by Gasteiger charge is 2.31. The number of ether oxygens (including phenoxy) is 1. The maximum atomic E-state index is 12.5. The zero-order valence-corrected chi connectivity index (χ0v) is 13.1. The highest BCUT2D eigenvalue weighted by molar-refractivity contribution is 6.31. The maximum absolute atomic E-state index is 12.5. The van der Waals surface area contributed by atoms with E-state index in [0.717, 1.165) is 11.8 Å². The Balaban J connectivity index is 1.85. The van der Waals surface area contributed by atoms with E-state index in [2.05, 4.69) is 15.3 Å². The van der Waals surface area contributed by atoms with Crippen LogP contribution < -0.4 is 15.8 Å². The second kappa shape index (κ2) is 7.87. The highest BCUT2D eigenvalue weighted by atomic mass is 35.5. The lowest BCUT2D eigenvalue weighted by Crippen LogP contribution is -2.23. The molecule has 1 aromatic carbocycles. The normalized spacial score (nSPS) is 12.1. The first-order chi connectivity index (χ1) is 11.4. The van der Waals surface area contributed by atoms with E-state index >= 15 is 0 Å². The fourth-order valence-corrected chi connectivity index (χ4v) is 1.92. The average Bonchev–Trinajstić information content (AvgIpc) is 2.52. The molecule has 1 aromatic heterocycles. The van der Waals surface area contributed by atoms with Crippen molar-refractivity contribution in [2.24, 2.45) is 10.7 Å². The van der Waals surface area contributed by atoms with Crippen LogP contribution in [0.25, 0.3) is 0 Å². The number of hydrogen-bond donors (Lipinski definition) is 2. The van der Waals surface area contributed by atoms with Crippen LogP contribution in [0.5, 0.6) is 5.88 Å². The van der Waals surface area contributed by atoms with E-state index < -0.39 is 11.7 Å². The predicted octanol–water partition coefficient (Wildman–Crippen LogP) is 3.56. The molecule has 0 aliphatic carbocycles. The van der Waals surface area contributed by atoms with Gasteiger partial charge in [-0.25, -0.2) is 9.98 Å². The summed E-state index contributed by atoms with van der Waals surface area (Å²) in [5.74, 6) is 0.103. The number of benzene rings is 1. The summed E-state index contributed by atoms with van der Waals surface area (Å²) in [4.78, 5) is 7.59. The Morgan fingerprint density at radius 1 is 1.29 bits per heavy atom. The zero-order valence-electron chi connectivity index (χ0n) is 12.3. The van der Waals surface area contributed by atoms with E-state index in [1.54, 1.807) is 0 Å². The Labute approximate surface area is 141 Å². The molecule has 0 spiro atoms. The van der Waals surface area contributed by atoms with Crippen LogP contribution in [0.2, 0.25) is 5.02 Å². The van der Waals surface area contributed by atoms with Gasteiger partial charge in [0.25, 0.3) is 0 Å². The Bertz CT molecular complexity index is 708. The molecule has 0 amide bonds. The topological polar surface area (TPSA) is 72.5 Å². The number of pyridine rings is 1. The number of nitrogens with one attached hydrogen (secondary N) is 1. The van der Waals surface area contributed by atoms with Gasteiger partial charge in [-0.2, -0.15) is 13.2 Å². The number of guanidine groups is 1. The van der Waals surface area contributed by atoms with Crippen molar-refractivity contribution < 1.29 is 17.9 Å². The second-order valence-electron chi connectivity index (χ2n) is 4.62. The van der Waals surface area contributed by atoms with Crippen molar-refractivity contribution in [3.63, 3.8) is 0 Å². The molecule has 2 aromatic rings. The smallest absolute Gasteiger partial charge is 0.417 e.